The van der Waals surface area contributed by atoms with E-state index in [0.717, 1.165) is 36.9 Å². The van der Waals surface area contributed by atoms with Crippen LogP contribution in [0.4, 0.5) is 5.69 Å². The Morgan fingerprint density at radius 2 is 2.00 bits per heavy atom. The highest BCUT2D eigenvalue weighted by molar-refractivity contribution is 6.31. The Morgan fingerprint density at radius 1 is 1.29 bits per heavy atom. The molecule has 0 bridgehead atoms. The maximum atomic E-state index is 6.45. The quantitative estimate of drug-likeness (QED) is 0.829. The molecule has 1 heterocycles. The van der Waals surface area contributed by atoms with Crippen LogP contribution < -0.4 is 10.6 Å². The average molecular weight is 309 g/mol. The minimum atomic E-state index is 0.207. The fraction of sp³-hybridized carbons (Fsp3) is 0.667. The number of piperidine rings is 1. The Kier molecular flexibility index (Phi) is 6.38. The molecule has 1 fully saturated rings. The molecule has 1 aliphatic rings. The molecule has 2 rings (SSSR count). The van der Waals surface area contributed by atoms with Crippen LogP contribution in [-0.2, 0) is 6.42 Å². The van der Waals surface area contributed by atoms with Crippen LogP contribution in [0.3, 0.4) is 0 Å². The van der Waals surface area contributed by atoms with Gasteiger partial charge in [-0.15, -0.1) is 0 Å². The Morgan fingerprint density at radius 3 is 2.57 bits per heavy atom. The molecule has 2 N–H and O–H groups in total. The highest BCUT2D eigenvalue weighted by Gasteiger charge is 2.19. The van der Waals surface area contributed by atoms with Gasteiger partial charge in [0.05, 0.1) is 0 Å². The van der Waals surface area contributed by atoms with Crippen LogP contribution in [0.2, 0.25) is 5.02 Å². The SMILES string of the molecule is CCCC1CCN(c2ccc(CC(N)CC)c(Cl)c2)CC1. The predicted molar refractivity (Wildman–Crippen MR) is 93.3 cm³/mol. The number of nitrogens with zero attached hydrogens (tertiary/aromatic N) is 1. The first kappa shape index (κ1) is 16.6. The van der Waals surface area contributed by atoms with Crippen molar-refractivity contribution >= 4 is 17.3 Å². The molecule has 1 aliphatic heterocycles. The van der Waals surface area contributed by atoms with E-state index in [9.17, 15) is 0 Å². The van der Waals surface area contributed by atoms with E-state index in [1.807, 2.05) is 0 Å². The fourth-order valence-corrected chi connectivity index (χ4v) is 3.47. The van der Waals surface area contributed by atoms with Gasteiger partial charge in [-0.3, -0.25) is 0 Å². The maximum absolute atomic E-state index is 6.45. The third-order valence-electron chi connectivity index (χ3n) is 4.72. The summed E-state index contributed by atoms with van der Waals surface area (Å²) in [6.07, 6.45) is 7.17. The zero-order valence-corrected chi connectivity index (χ0v) is 14.2. The molecule has 0 aliphatic carbocycles. The van der Waals surface area contributed by atoms with Crippen LogP contribution in [-0.4, -0.2) is 19.1 Å². The summed E-state index contributed by atoms with van der Waals surface area (Å²) in [7, 11) is 0. The monoisotopic (exact) mass is 308 g/mol. The van der Waals surface area contributed by atoms with Crippen LogP contribution in [0.15, 0.2) is 18.2 Å². The Labute approximate surface area is 134 Å². The molecule has 2 nitrogen and oxygen atoms in total. The van der Waals surface area contributed by atoms with E-state index >= 15 is 0 Å². The van der Waals surface area contributed by atoms with E-state index in [0.29, 0.717) is 0 Å². The Hall–Kier alpha value is -0.730. The third kappa shape index (κ3) is 4.62. The van der Waals surface area contributed by atoms with Gasteiger partial charge in [-0.2, -0.15) is 0 Å². The van der Waals surface area contributed by atoms with Gasteiger partial charge in [0.1, 0.15) is 0 Å². The third-order valence-corrected chi connectivity index (χ3v) is 5.07. The van der Waals surface area contributed by atoms with Gasteiger partial charge in [-0.05, 0) is 49.3 Å². The molecule has 0 amide bonds. The first-order valence-corrected chi connectivity index (χ1v) is 8.80. The molecule has 0 spiro atoms. The summed E-state index contributed by atoms with van der Waals surface area (Å²) in [5, 5.41) is 0.868. The largest absolute Gasteiger partial charge is 0.371 e. The van der Waals surface area contributed by atoms with Gasteiger partial charge < -0.3 is 10.6 Å². The lowest BCUT2D eigenvalue weighted by Crippen LogP contribution is -2.33. The maximum Gasteiger partial charge on any atom is 0.0459 e. The molecule has 1 atom stereocenters. The van der Waals surface area contributed by atoms with E-state index in [1.165, 1.54) is 36.9 Å². The number of rotatable bonds is 6. The van der Waals surface area contributed by atoms with E-state index in [-0.39, 0.29) is 6.04 Å². The van der Waals surface area contributed by atoms with Crippen molar-refractivity contribution in [1.29, 1.82) is 0 Å². The van der Waals surface area contributed by atoms with Crippen molar-refractivity contribution in [3.05, 3.63) is 28.8 Å². The lowest BCUT2D eigenvalue weighted by molar-refractivity contribution is 0.378. The highest BCUT2D eigenvalue weighted by atomic mass is 35.5. The number of hydrogen-bond acceptors (Lipinski definition) is 2. The molecule has 0 aromatic heterocycles. The Bertz CT molecular complexity index is 439. The van der Waals surface area contributed by atoms with Gasteiger partial charge in [0.2, 0.25) is 0 Å². The normalized spacial score (nSPS) is 18.0. The van der Waals surface area contributed by atoms with Crippen molar-refractivity contribution in [2.45, 2.75) is 58.4 Å². The number of nitrogens with two attached hydrogens (primary N) is 1. The van der Waals surface area contributed by atoms with Crippen LogP contribution in [0.1, 0.15) is 51.5 Å². The van der Waals surface area contributed by atoms with Crippen molar-refractivity contribution in [2.24, 2.45) is 11.7 Å². The Balaban J connectivity index is 1.97. The van der Waals surface area contributed by atoms with Crippen LogP contribution in [0, 0.1) is 5.92 Å². The number of benzene rings is 1. The molecule has 118 valence electrons. The molecule has 21 heavy (non-hydrogen) atoms. The first-order chi connectivity index (χ1) is 10.1. The molecule has 0 saturated carbocycles. The highest BCUT2D eigenvalue weighted by Crippen LogP contribution is 2.29. The molecular weight excluding hydrogens is 280 g/mol. The molecule has 1 aromatic rings. The number of halogens is 1. The molecule has 1 saturated heterocycles. The van der Waals surface area contributed by atoms with E-state index in [1.54, 1.807) is 0 Å². The lowest BCUT2D eigenvalue weighted by Gasteiger charge is -2.33. The van der Waals surface area contributed by atoms with Crippen molar-refractivity contribution in [1.82, 2.24) is 0 Å². The second kappa shape index (κ2) is 8.05. The van der Waals surface area contributed by atoms with Gasteiger partial charge in [-0.1, -0.05) is 44.4 Å². The van der Waals surface area contributed by atoms with E-state index in [2.05, 4.69) is 36.9 Å². The minimum absolute atomic E-state index is 0.207. The molecule has 1 unspecified atom stereocenters. The number of hydrogen-bond donors (Lipinski definition) is 1. The van der Waals surface area contributed by atoms with Gasteiger partial charge in [0.15, 0.2) is 0 Å². The van der Waals surface area contributed by atoms with Crippen molar-refractivity contribution < 1.29 is 0 Å². The molecular formula is C18H29ClN2. The summed E-state index contributed by atoms with van der Waals surface area (Å²) in [6.45, 7) is 6.73. The van der Waals surface area contributed by atoms with Crippen molar-refractivity contribution in [3.8, 4) is 0 Å². The standard InChI is InChI=1S/C18H29ClN2/c1-3-5-14-8-10-21(11-9-14)17-7-6-15(18(19)13-17)12-16(20)4-2/h6-7,13-14,16H,3-5,8-12,20H2,1-2H3. The molecule has 1 aromatic carbocycles. The van der Waals surface area contributed by atoms with Crippen LogP contribution in [0.5, 0.6) is 0 Å². The second-order valence-corrected chi connectivity index (χ2v) is 6.77. The van der Waals surface area contributed by atoms with Gasteiger partial charge in [0.25, 0.3) is 0 Å². The van der Waals surface area contributed by atoms with Gasteiger partial charge >= 0.3 is 0 Å². The van der Waals surface area contributed by atoms with Crippen molar-refractivity contribution in [3.63, 3.8) is 0 Å². The van der Waals surface area contributed by atoms with E-state index in [4.69, 9.17) is 17.3 Å². The van der Waals surface area contributed by atoms with Crippen molar-refractivity contribution in [2.75, 3.05) is 18.0 Å². The zero-order chi connectivity index (χ0) is 15.2. The van der Waals surface area contributed by atoms with Crippen LogP contribution in [0.25, 0.3) is 0 Å². The first-order valence-electron chi connectivity index (χ1n) is 8.43. The minimum Gasteiger partial charge on any atom is -0.371 e. The lowest BCUT2D eigenvalue weighted by atomic mass is 9.92. The summed E-state index contributed by atoms with van der Waals surface area (Å²) in [4.78, 5) is 2.47. The van der Waals surface area contributed by atoms with Crippen LogP contribution >= 0.6 is 11.6 Å². The zero-order valence-electron chi connectivity index (χ0n) is 13.4. The summed E-state index contributed by atoms with van der Waals surface area (Å²) < 4.78 is 0. The summed E-state index contributed by atoms with van der Waals surface area (Å²) in [5.41, 5.74) is 8.47. The smallest absolute Gasteiger partial charge is 0.0459 e. The topological polar surface area (TPSA) is 29.3 Å². The fourth-order valence-electron chi connectivity index (χ4n) is 3.21. The summed E-state index contributed by atoms with van der Waals surface area (Å²) >= 11 is 6.45. The molecule has 3 heteroatoms. The average Bonchev–Trinajstić information content (AvgIpc) is 2.50. The predicted octanol–water partition coefficient (Wildman–Crippen LogP) is 4.64. The summed E-state index contributed by atoms with van der Waals surface area (Å²) in [6, 6.07) is 6.70. The summed E-state index contributed by atoms with van der Waals surface area (Å²) in [5.74, 6) is 0.920. The molecule has 0 radical (unpaired) electrons. The van der Waals surface area contributed by atoms with Gasteiger partial charge in [-0.25, -0.2) is 0 Å². The number of anilines is 1. The van der Waals surface area contributed by atoms with E-state index < -0.39 is 0 Å². The van der Waals surface area contributed by atoms with Gasteiger partial charge in [0, 0.05) is 29.8 Å². The second-order valence-electron chi connectivity index (χ2n) is 6.37.